The van der Waals surface area contributed by atoms with Gasteiger partial charge in [-0.25, -0.2) is 0 Å². The van der Waals surface area contributed by atoms with Gasteiger partial charge in [0.1, 0.15) is 5.75 Å². The van der Waals surface area contributed by atoms with E-state index in [1.54, 1.807) is 0 Å². The van der Waals surface area contributed by atoms with Crippen molar-refractivity contribution in [1.82, 2.24) is 9.80 Å². The first-order chi connectivity index (χ1) is 11.6. The van der Waals surface area contributed by atoms with Gasteiger partial charge >= 0.3 is 0 Å². The van der Waals surface area contributed by atoms with Gasteiger partial charge < -0.3 is 15.0 Å². The van der Waals surface area contributed by atoms with Gasteiger partial charge in [0.15, 0.2) is 0 Å². The molecule has 0 spiro atoms. The summed E-state index contributed by atoms with van der Waals surface area (Å²) in [5.41, 5.74) is 0.817. The molecule has 1 atom stereocenters. The third-order valence-corrected chi connectivity index (χ3v) is 4.52. The Balaban J connectivity index is 1.87. The average Bonchev–Trinajstić information content (AvgIpc) is 2.82. The molecule has 1 heterocycles. The molecule has 0 aromatic heterocycles. The summed E-state index contributed by atoms with van der Waals surface area (Å²) in [5, 5.41) is 3.02. The van der Waals surface area contributed by atoms with Crippen LogP contribution in [0.3, 0.4) is 0 Å². The number of amides is 1. The van der Waals surface area contributed by atoms with Crippen molar-refractivity contribution < 1.29 is 9.53 Å². The molecule has 1 amide bonds. The molecule has 134 valence electrons. The van der Waals surface area contributed by atoms with E-state index in [4.69, 9.17) is 4.74 Å². The van der Waals surface area contributed by atoms with Crippen LogP contribution in [0.2, 0.25) is 0 Å². The molecule has 1 fully saturated rings. The fourth-order valence-electron chi connectivity index (χ4n) is 3.13. The van der Waals surface area contributed by atoms with E-state index < -0.39 is 0 Å². The number of carbonyl (C=O) groups is 1. The van der Waals surface area contributed by atoms with Crippen molar-refractivity contribution in [1.29, 1.82) is 0 Å². The predicted octanol–water partition coefficient (Wildman–Crippen LogP) is 2.83. The van der Waals surface area contributed by atoms with Crippen LogP contribution in [0, 0.1) is 0 Å². The Hall–Kier alpha value is -1.59. The summed E-state index contributed by atoms with van der Waals surface area (Å²) in [5.74, 6) is 0.884. The van der Waals surface area contributed by atoms with E-state index in [0.717, 1.165) is 50.6 Å². The zero-order valence-electron chi connectivity index (χ0n) is 15.3. The molecule has 24 heavy (non-hydrogen) atoms. The molecule has 2 rings (SSSR count). The van der Waals surface area contributed by atoms with Crippen molar-refractivity contribution in [3.8, 4) is 5.75 Å². The Morgan fingerprint density at radius 2 is 1.92 bits per heavy atom. The quantitative estimate of drug-likeness (QED) is 0.833. The Kier molecular flexibility index (Phi) is 7.53. The summed E-state index contributed by atoms with van der Waals surface area (Å²) in [6.07, 6.45) is 2.31. The molecule has 0 radical (unpaired) electrons. The van der Waals surface area contributed by atoms with Crippen LogP contribution in [-0.4, -0.2) is 61.1 Å². The maximum atomic E-state index is 12.5. The van der Waals surface area contributed by atoms with Crippen LogP contribution in [0.1, 0.15) is 33.6 Å². The third kappa shape index (κ3) is 5.49. The van der Waals surface area contributed by atoms with Crippen LogP contribution in [0.4, 0.5) is 5.69 Å². The number of nitrogens with one attached hydrogen (secondary N) is 1. The third-order valence-electron chi connectivity index (χ3n) is 4.52. The standard InChI is InChI=1S/C19H31N3O2/c1-4-11-21-12-6-13-22(15-14-21)16(3)19(23)20-17-7-9-18(10-8-17)24-5-2/h7-10,16H,4-6,11-15H2,1-3H3,(H,20,23). The summed E-state index contributed by atoms with van der Waals surface area (Å²) in [6.45, 7) is 12.1. The SMILES string of the molecule is CCCN1CCCN(C(C)C(=O)Nc2ccc(OCC)cc2)CC1. The number of nitrogens with zero attached hydrogens (tertiary/aromatic N) is 2. The number of rotatable bonds is 7. The normalized spacial score (nSPS) is 18.0. The van der Waals surface area contributed by atoms with Crippen LogP contribution < -0.4 is 10.1 Å². The van der Waals surface area contributed by atoms with E-state index >= 15 is 0 Å². The zero-order valence-corrected chi connectivity index (χ0v) is 15.3. The fraction of sp³-hybridized carbons (Fsp3) is 0.632. The van der Waals surface area contributed by atoms with Gasteiger partial charge in [-0.1, -0.05) is 6.92 Å². The van der Waals surface area contributed by atoms with Crippen molar-refractivity contribution in [3.63, 3.8) is 0 Å². The van der Waals surface area contributed by atoms with E-state index in [9.17, 15) is 4.79 Å². The number of hydrogen-bond acceptors (Lipinski definition) is 4. The number of anilines is 1. The van der Waals surface area contributed by atoms with Crippen molar-refractivity contribution in [2.45, 2.75) is 39.7 Å². The molecule has 5 heteroatoms. The second-order valence-corrected chi connectivity index (χ2v) is 6.35. The van der Waals surface area contributed by atoms with Crippen LogP contribution in [0.15, 0.2) is 24.3 Å². The molecule has 1 saturated heterocycles. The molecular weight excluding hydrogens is 302 g/mol. The maximum Gasteiger partial charge on any atom is 0.241 e. The Morgan fingerprint density at radius 3 is 2.58 bits per heavy atom. The molecule has 1 aliphatic rings. The van der Waals surface area contributed by atoms with Gasteiger partial charge in [0.05, 0.1) is 12.6 Å². The first kappa shape index (κ1) is 18.7. The van der Waals surface area contributed by atoms with Crippen LogP contribution >= 0.6 is 0 Å². The van der Waals surface area contributed by atoms with Crippen LogP contribution in [0.5, 0.6) is 5.75 Å². The number of benzene rings is 1. The van der Waals surface area contributed by atoms with Gasteiger partial charge in [0, 0.05) is 25.3 Å². The fourth-order valence-corrected chi connectivity index (χ4v) is 3.13. The average molecular weight is 333 g/mol. The molecule has 0 saturated carbocycles. The van der Waals surface area contributed by atoms with Gasteiger partial charge in [-0.15, -0.1) is 0 Å². The molecule has 0 aliphatic carbocycles. The minimum Gasteiger partial charge on any atom is -0.494 e. The molecule has 5 nitrogen and oxygen atoms in total. The van der Waals surface area contributed by atoms with E-state index in [2.05, 4.69) is 22.0 Å². The van der Waals surface area contributed by atoms with E-state index in [-0.39, 0.29) is 11.9 Å². The Morgan fingerprint density at radius 1 is 1.17 bits per heavy atom. The monoisotopic (exact) mass is 333 g/mol. The van der Waals surface area contributed by atoms with Crippen molar-refractivity contribution in [2.75, 3.05) is 44.6 Å². The Bertz CT molecular complexity index is 504. The first-order valence-corrected chi connectivity index (χ1v) is 9.14. The van der Waals surface area contributed by atoms with Gasteiger partial charge in [-0.2, -0.15) is 0 Å². The molecule has 0 bridgehead atoms. The number of carbonyl (C=O) groups excluding carboxylic acids is 1. The van der Waals surface area contributed by atoms with E-state index in [1.807, 2.05) is 38.1 Å². The van der Waals surface area contributed by atoms with Gasteiger partial charge in [0.25, 0.3) is 0 Å². The highest BCUT2D eigenvalue weighted by Crippen LogP contribution is 2.16. The number of ether oxygens (including phenoxy) is 1. The lowest BCUT2D eigenvalue weighted by atomic mass is 10.2. The lowest BCUT2D eigenvalue weighted by molar-refractivity contribution is -0.120. The van der Waals surface area contributed by atoms with Crippen LogP contribution in [0.25, 0.3) is 0 Å². The van der Waals surface area contributed by atoms with Gasteiger partial charge in [-0.05, 0) is 64.0 Å². The molecule has 1 aromatic carbocycles. The summed E-state index contributed by atoms with van der Waals surface area (Å²) >= 11 is 0. The second-order valence-electron chi connectivity index (χ2n) is 6.35. The summed E-state index contributed by atoms with van der Waals surface area (Å²) in [6, 6.07) is 7.44. The predicted molar refractivity (Wildman–Crippen MR) is 98.6 cm³/mol. The summed E-state index contributed by atoms with van der Waals surface area (Å²) < 4.78 is 5.43. The maximum absolute atomic E-state index is 12.5. The molecule has 1 unspecified atom stereocenters. The highest BCUT2D eigenvalue weighted by Gasteiger charge is 2.23. The van der Waals surface area contributed by atoms with Gasteiger partial charge in [-0.3, -0.25) is 9.69 Å². The lowest BCUT2D eigenvalue weighted by Crippen LogP contribution is -2.43. The summed E-state index contributed by atoms with van der Waals surface area (Å²) in [4.78, 5) is 17.3. The highest BCUT2D eigenvalue weighted by molar-refractivity contribution is 5.94. The lowest BCUT2D eigenvalue weighted by Gasteiger charge is -2.27. The first-order valence-electron chi connectivity index (χ1n) is 9.14. The minimum absolute atomic E-state index is 0.0584. The van der Waals surface area contributed by atoms with E-state index in [1.165, 1.54) is 6.42 Å². The molecule has 1 N–H and O–H groups in total. The van der Waals surface area contributed by atoms with Crippen molar-refractivity contribution in [3.05, 3.63) is 24.3 Å². The minimum atomic E-state index is -0.113. The second kappa shape index (κ2) is 9.64. The van der Waals surface area contributed by atoms with Crippen LogP contribution in [-0.2, 0) is 4.79 Å². The zero-order chi connectivity index (χ0) is 17.4. The Labute approximate surface area is 146 Å². The smallest absolute Gasteiger partial charge is 0.241 e. The van der Waals surface area contributed by atoms with E-state index in [0.29, 0.717) is 6.61 Å². The molecule has 1 aliphatic heterocycles. The largest absolute Gasteiger partial charge is 0.494 e. The summed E-state index contributed by atoms with van der Waals surface area (Å²) in [7, 11) is 0. The molecule has 1 aromatic rings. The van der Waals surface area contributed by atoms with Crippen molar-refractivity contribution >= 4 is 11.6 Å². The number of hydrogen-bond donors (Lipinski definition) is 1. The van der Waals surface area contributed by atoms with Crippen molar-refractivity contribution in [2.24, 2.45) is 0 Å². The van der Waals surface area contributed by atoms with Gasteiger partial charge in [0.2, 0.25) is 5.91 Å². The molecular formula is C19H31N3O2. The highest BCUT2D eigenvalue weighted by atomic mass is 16.5. The topological polar surface area (TPSA) is 44.8 Å².